The van der Waals surface area contributed by atoms with Crippen molar-refractivity contribution < 1.29 is 9.53 Å². The predicted octanol–water partition coefficient (Wildman–Crippen LogP) is 1.38. The Morgan fingerprint density at radius 2 is 2.19 bits per heavy atom. The summed E-state index contributed by atoms with van der Waals surface area (Å²) in [6, 6.07) is 10.3. The van der Waals surface area contributed by atoms with Crippen LogP contribution in [0.1, 0.15) is 12.0 Å². The van der Waals surface area contributed by atoms with Crippen molar-refractivity contribution in [2.45, 2.75) is 18.9 Å². The molecule has 1 aliphatic rings. The van der Waals surface area contributed by atoms with Gasteiger partial charge in [0.2, 0.25) is 0 Å². The fourth-order valence-electron chi connectivity index (χ4n) is 2.23. The van der Waals surface area contributed by atoms with Crippen molar-refractivity contribution in [3.63, 3.8) is 0 Å². The third kappa shape index (κ3) is 2.61. The Labute approximate surface area is 95.8 Å². The maximum Gasteiger partial charge on any atom is 0.322 e. The molecule has 1 fully saturated rings. The van der Waals surface area contributed by atoms with Crippen LogP contribution in [0.15, 0.2) is 30.3 Å². The quantitative estimate of drug-likeness (QED) is 0.780. The molecule has 1 aromatic rings. The molecule has 0 saturated carbocycles. The number of nitrogens with one attached hydrogen (secondary N) is 1. The summed E-state index contributed by atoms with van der Waals surface area (Å²) < 4.78 is 4.73. The van der Waals surface area contributed by atoms with Gasteiger partial charge in [0.25, 0.3) is 0 Å². The molecule has 0 spiro atoms. The van der Waals surface area contributed by atoms with Crippen LogP contribution < -0.4 is 5.32 Å². The van der Waals surface area contributed by atoms with Gasteiger partial charge in [-0.25, -0.2) is 0 Å². The van der Waals surface area contributed by atoms with E-state index in [2.05, 4.69) is 29.6 Å². The molecule has 1 heterocycles. The molecule has 0 aliphatic carbocycles. The van der Waals surface area contributed by atoms with Crippen LogP contribution in [-0.2, 0) is 16.0 Å². The monoisotopic (exact) mass is 219 g/mol. The Morgan fingerprint density at radius 3 is 2.88 bits per heavy atom. The van der Waals surface area contributed by atoms with Crippen molar-refractivity contribution in [1.29, 1.82) is 0 Å². The van der Waals surface area contributed by atoms with Crippen molar-refractivity contribution >= 4 is 5.97 Å². The molecule has 0 aromatic heterocycles. The van der Waals surface area contributed by atoms with Gasteiger partial charge in [0.15, 0.2) is 0 Å². The van der Waals surface area contributed by atoms with E-state index in [0.29, 0.717) is 5.92 Å². The van der Waals surface area contributed by atoms with Crippen LogP contribution in [0.4, 0.5) is 0 Å². The highest BCUT2D eigenvalue weighted by Gasteiger charge is 2.29. The van der Waals surface area contributed by atoms with Gasteiger partial charge in [0.05, 0.1) is 7.11 Å². The van der Waals surface area contributed by atoms with Gasteiger partial charge in [-0.1, -0.05) is 30.3 Å². The van der Waals surface area contributed by atoms with Crippen molar-refractivity contribution in [2.24, 2.45) is 5.92 Å². The molecular weight excluding hydrogens is 202 g/mol. The first-order chi connectivity index (χ1) is 7.79. The topological polar surface area (TPSA) is 38.3 Å². The number of carbonyl (C=O) groups is 1. The molecule has 16 heavy (non-hydrogen) atoms. The molecule has 1 aliphatic heterocycles. The van der Waals surface area contributed by atoms with Gasteiger partial charge in [0, 0.05) is 0 Å². The summed E-state index contributed by atoms with van der Waals surface area (Å²) in [5, 5.41) is 3.20. The van der Waals surface area contributed by atoms with Gasteiger partial charge < -0.3 is 10.1 Å². The van der Waals surface area contributed by atoms with Crippen molar-refractivity contribution in [3.05, 3.63) is 35.9 Å². The predicted molar refractivity (Wildman–Crippen MR) is 62.1 cm³/mol. The Hall–Kier alpha value is -1.35. The van der Waals surface area contributed by atoms with Crippen LogP contribution in [0.3, 0.4) is 0 Å². The lowest BCUT2D eigenvalue weighted by molar-refractivity contribution is -0.142. The van der Waals surface area contributed by atoms with E-state index in [4.69, 9.17) is 4.74 Å². The summed E-state index contributed by atoms with van der Waals surface area (Å²) in [6.07, 6.45) is 1.91. The maximum atomic E-state index is 11.3. The zero-order valence-corrected chi connectivity index (χ0v) is 9.48. The number of benzene rings is 1. The molecule has 0 unspecified atom stereocenters. The lowest BCUT2D eigenvalue weighted by Crippen LogP contribution is -2.31. The lowest BCUT2D eigenvalue weighted by Gasteiger charge is -2.08. The van der Waals surface area contributed by atoms with E-state index in [1.54, 1.807) is 0 Å². The lowest BCUT2D eigenvalue weighted by atomic mass is 9.97. The van der Waals surface area contributed by atoms with Crippen LogP contribution in [0.25, 0.3) is 0 Å². The molecular formula is C13H17NO2. The van der Waals surface area contributed by atoms with Gasteiger partial charge in [-0.2, -0.15) is 0 Å². The first-order valence-corrected chi connectivity index (χ1v) is 5.64. The Kier molecular flexibility index (Phi) is 3.57. The second-order valence-electron chi connectivity index (χ2n) is 4.28. The van der Waals surface area contributed by atoms with E-state index >= 15 is 0 Å². The molecule has 3 heteroatoms. The zero-order chi connectivity index (χ0) is 11.4. The Morgan fingerprint density at radius 1 is 1.44 bits per heavy atom. The second kappa shape index (κ2) is 5.12. The molecule has 0 bridgehead atoms. The SMILES string of the molecule is COC(=O)[C@@H]1C[C@H](Cc2ccccc2)CN1. The fourth-order valence-corrected chi connectivity index (χ4v) is 2.23. The van der Waals surface area contributed by atoms with E-state index in [9.17, 15) is 4.79 Å². The molecule has 3 nitrogen and oxygen atoms in total. The Bertz CT molecular complexity index is 350. The Balaban J connectivity index is 1.88. The third-order valence-corrected chi connectivity index (χ3v) is 3.07. The molecule has 0 amide bonds. The summed E-state index contributed by atoms with van der Waals surface area (Å²) in [4.78, 5) is 11.3. The molecule has 1 saturated heterocycles. The average Bonchev–Trinajstić information content (AvgIpc) is 2.78. The summed E-state index contributed by atoms with van der Waals surface area (Å²) >= 11 is 0. The summed E-state index contributed by atoms with van der Waals surface area (Å²) in [5.74, 6) is 0.391. The van der Waals surface area contributed by atoms with E-state index in [0.717, 1.165) is 19.4 Å². The number of ether oxygens (including phenoxy) is 1. The number of rotatable bonds is 3. The highest BCUT2D eigenvalue weighted by molar-refractivity contribution is 5.76. The van der Waals surface area contributed by atoms with Gasteiger partial charge in [-0.3, -0.25) is 4.79 Å². The largest absolute Gasteiger partial charge is 0.468 e. The minimum Gasteiger partial charge on any atom is -0.468 e. The van der Waals surface area contributed by atoms with Gasteiger partial charge in [0.1, 0.15) is 6.04 Å². The molecule has 1 aromatic carbocycles. The first-order valence-electron chi connectivity index (χ1n) is 5.64. The fraction of sp³-hybridized carbons (Fsp3) is 0.462. The van der Waals surface area contributed by atoms with E-state index in [-0.39, 0.29) is 12.0 Å². The normalized spacial score (nSPS) is 24.3. The number of hydrogen-bond donors (Lipinski definition) is 1. The smallest absolute Gasteiger partial charge is 0.322 e. The minimum absolute atomic E-state index is 0.112. The van der Waals surface area contributed by atoms with Crippen LogP contribution in [0.2, 0.25) is 0 Å². The molecule has 0 radical (unpaired) electrons. The average molecular weight is 219 g/mol. The van der Waals surface area contributed by atoms with Gasteiger partial charge in [-0.15, -0.1) is 0 Å². The molecule has 2 rings (SSSR count). The maximum absolute atomic E-state index is 11.3. The number of methoxy groups -OCH3 is 1. The third-order valence-electron chi connectivity index (χ3n) is 3.07. The van der Waals surface area contributed by atoms with Crippen LogP contribution in [-0.4, -0.2) is 25.7 Å². The van der Waals surface area contributed by atoms with Crippen LogP contribution in [0.5, 0.6) is 0 Å². The summed E-state index contributed by atoms with van der Waals surface area (Å²) in [7, 11) is 1.44. The van der Waals surface area contributed by atoms with Gasteiger partial charge >= 0.3 is 5.97 Å². The number of esters is 1. The highest BCUT2D eigenvalue weighted by Crippen LogP contribution is 2.19. The highest BCUT2D eigenvalue weighted by atomic mass is 16.5. The van der Waals surface area contributed by atoms with Crippen LogP contribution in [0, 0.1) is 5.92 Å². The molecule has 1 N–H and O–H groups in total. The number of carbonyl (C=O) groups excluding carboxylic acids is 1. The van der Waals surface area contributed by atoms with E-state index in [1.807, 2.05) is 6.07 Å². The number of hydrogen-bond acceptors (Lipinski definition) is 3. The van der Waals surface area contributed by atoms with Gasteiger partial charge in [-0.05, 0) is 30.9 Å². The molecule has 86 valence electrons. The standard InChI is InChI=1S/C13H17NO2/c1-16-13(15)12-8-11(9-14-12)7-10-5-3-2-4-6-10/h2-6,11-12,14H,7-9H2,1H3/t11-,12-/m0/s1. The minimum atomic E-state index is -0.143. The molecule has 2 atom stereocenters. The second-order valence-corrected chi connectivity index (χ2v) is 4.28. The summed E-state index contributed by atoms with van der Waals surface area (Å²) in [5.41, 5.74) is 1.33. The van der Waals surface area contributed by atoms with Crippen molar-refractivity contribution in [1.82, 2.24) is 5.32 Å². The van der Waals surface area contributed by atoms with E-state index < -0.39 is 0 Å². The zero-order valence-electron chi connectivity index (χ0n) is 9.48. The van der Waals surface area contributed by atoms with Crippen molar-refractivity contribution in [2.75, 3.05) is 13.7 Å². The van der Waals surface area contributed by atoms with Crippen molar-refractivity contribution in [3.8, 4) is 0 Å². The van der Waals surface area contributed by atoms with Crippen LogP contribution >= 0.6 is 0 Å². The summed E-state index contributed by atoms with van der Waals surface area (Å²) in [6.45, 7) is 0.897. The van der Waals surface area contributed by atoms with E-state index in [1.165, 1.54) is 12.7 Å². The first kappa shape index (κ1) is 11.1.